The largest absolute Gasteiger partial charge is 0.446 e. The number of likely N-dealkylation sites (tertiary alicyclic amines) is 2. The van der Waals surface area contributed by atoms with Gasteiger partial charge in [-0.3, -0.25) is 14.5 Å². The van der Waals surface area contributed by atoms with Crippen LogP contribution >= 0.6 is 0 Å². The first-order valence-corrected chi connectivity index (χ1v) is 11.1. The van der Waals surface area contributed by atoms with Gasteiger partial charge in [0.1, 0.15) is 24.0 Å². The minimum atomic E-state index is -0.722. The van der Waals surface area contributed by atoms with Crippen LogP contribution in [0.3, 0.4) is 0 Å². The van der Waals surface area contributed by atoms with Crippen molar-refractivity contribution in [1.82, 2.24) is 15.1 Å². The fraction of sp³-hybridized carbons (Fsp3) is 0.818. The summed E-state index contributed by atoms with van der Waals surface area (Å²) in [5.74, 6) is -0.312. The maximum absolute atomic E-state index is 13.0. The van der Waals surface area contributed by atoms with Crippen LogP contribution in [0, 0.1) is 22.7 Å². The Labute approximate surface area is 178 Å². The third-order valence-electron chi connectivity index (χ3n) is 6.61. The lowest BCUT2D eigenvalue weighted by Gasteiger charge is -2.31. The molecule has 3 fully saturated rings. The number of piperidine rings is 1. The molecular weight excluding hydrogens is 384 g/mol. The molecule has 2 amide bonds. The van der Waals surface area contributed by atoms with Crippen molar-refractivity contribution in [2.75, 3.05) is 26.7 Å². The number of amides is 2. The number of hydrogen-bond donors (Lipinski definition) is 1. The lowest BCUT2D eigenvalue weighted by Crippen LogP contribution is -2.50. The van der Waals surface area contributed by atoms with Crippen molar-refractivity contribution in [1.29, 1.82) is 5.26 Å². The normalized spacial score (nSPS) is 28.2. The summed E-state index contributed by atoms with van der Waals surface area (Å²) in [7, 11) is 2.05. The zero-order valence-electron chi connectivity index (χ0n) is 18.4. The second kappa shape index (κ2) is 9.34. The number of hydrogen-bond acceptors (Lipinski definition) is 6. The summed E-state index contributed by atoms with van der Waals surface area (Å²) in [5, 5.41) is 12.3. The Morgan fingerprint density at radius 3 is 2.60 bits per heavy atom. The van der Waals surface area contributed by atoms with Gasteiger partial charge in [0.2, 0.25) is 5.91 Å². The molecule has 0 aromatic carbocycles. The Bertz CT molecular complexity index is 708. The first-order chi connectivity index (χ1) is 14.2. The fourth-order valence-corrected chi connectivity index (χ4v) is 4.84. The molecule has 1 saturated carbocycles. The van der Waals surface area contributed by atoms with Crippen molar-refractivity contribution in [3.8, 4) is 6.07 Å². The first-order valence-electron chi connectivity index (χ1n) is 11.1. The maximum Gasteiger partial charge on any atom is 0.410 e. The van der Waals surface area contributed by atoms with Crippen molar-refractivity contribution in [2.24, 2.45) is 11.3 Å². The second-order valence-corrected chi connectivity index (χ2v) is 9.88. The molecule has 0 spiro atoms. The van der Waals surface area contributed by atoms with E-state index in [1.807, 2.05) is 20.9 Å². The number of nitrogens with zero attached hydrogens (tertiary/aromatic N) is 3. The molecule has 8 nitrogen and oxygen atoms in total. The van der Waals surface area contributed by atoms with E-state index < -0.39 is 18.2 Å². The lowest BCUT2D eigenvalue weighted by atomic mass is 9.90. The summed E-state index contributed by atoms with van der Waals surface area (Å²) < 4.78 is 5.72. The SMILES string of the molecule is CN1CCC(OC(=O)N2CC(C)(C)CC2C(=O)NC(C#N)CC2CCCC2=O)CC1. The molecule has 3 atom stereocenters. The first kappa shape index (κ1) is 22.5. The van der Waals surface area contributed by atoms with Crippen LogP contribution in [0.5, 0.6) is 0 Å². The van der Waals surface area contributed by atoms with Gasteiger partial charge in [0.25, 0.3) is 0 Å². The molecule has 2 saturated heterocycles. The number of Topliss-reactive ketones (excluding diaryl/α,β-unsaturated/α-hetero) is 1. The lowest BCUT2D eigenvalue weighted by molar-refractivity contribution is -0.126. The predicted molar refractivity (Wildman–Crippen MR) is 110 cm³/mol. The van der Waals surface area contributed by atoms with Crippen LogP contribution in [-0.2, 0) is 14.3 Å². The van der Waals surface area contributed by atoms with E-state index >= 15 is 0 Å². The average molecular weight is 419 g/mol. The zero-order valence-corrected chi connectivity index (χ0v) is 18.4. The summed E-state index contributed by atoms with van der Waals surface area (Å²) in [4.78, 5) is 41.5. The molecule has 0 aromatic rings. The van der Waals surface area contributed by atoms with Crippen molar-refractivity contribution in [3.05, 3.63) is 0 Å². The number of carbonyl (C=O) groups is 3. The highest BCUT2D eigenvalue weighted by Crippen LogP contribution is 2.35. The van der Waals surface area contributed by atoms with Gasteiger partial charge >= 0.3 is 6.09 Å². The molecule has 2 aliphatic heterocycles. The minimum absolute atomic E-state index is 0.124. The summed E-state index contributed by atoms with van der Waals surface area (Å²) >= 11 is 0. The van der Waals surface area contributed by atoms with Gasteiger partial charge in [-0.15, -0.1) is 0 Å². The number of ether oxygens (including phenoxy) is 1. The predicted octanol–water partition coefficient (Wildman–Crippen LogP) is 2.09. The summed E-state index contributed by atoms with van der Waals surface area (Å²) in [6, 6.07) is 0.734. The summed E-state index contributed by atoms with van der Waals surface area (Å²) in [6.45, 7) is 6.26. The molecule has 166 valence electrons. The van der Waals surface area contributed by atoms with E-state index in [1.54, 1.807) is 0 Å². The van der Waals surface area contributed by atoms with E-state index in [-0.39, 0.29) is 29.1 Å². The van der Waals surface area contributed by atoms with E-state index in [0.29, 0.717) is 25.8 Å². The van der Waals surface area contributed by atoms with Gasteiger partial charge in [-0.2, -0.15) is 5.26 Å². The van der Waals surface area contributed by atoms with Crippen molar-refractivity contribution >= 4 is 17.8 Å². The standard InChI is InChI=1S/C22H34N4O4/c1-22(2)12-18(20(28)24-16(13-23)11-15-5-4-6-19(15)27)26(14-22)21(29)30-17-7-9-25(3)10-8-17/h15-18H,4-12,14H2,1-3H3,(H,24,28). The van der Waals surface area contributed by atoms with Gasteiger partial charge in [0.15, 0.2) is 0 Å². The van der Waals surface area contributed by atoms with Gasteiger partial charge in [-0.05, 0) is 51.0 Å². The molecular formula is C22H34N4O4. The molecule has 3 aliphatic rings. The number of carbonyl (C=O) groups excluding carboxylic acids is 3. The van der Waals surface area contributed by atoms with Gasteiger partial charge < -0.3 is 15.0 Å². The summed E-state index contributed by atoms with van der Waals surface area (Å²) in [5.41, 5.74) is -0.211. The van der Waals surface area contributed by atoms with E-state index in [1.165, 1.54) is 4.90 Å². The Hall–Kier alpha value is -2.14. The van der Waals surface area contributed by atoms with E-state index in [0.717, 1.165) is 38.8 Å². The van der Waals surface area contributed by atoms with Crippen LogP contribution in [-0.4, -0.2) is 72.5 Å². The van der Waals surface area contributed by atoms with E-state index in [4.69, 9.17) is 4.74 Å². The molecule has 30 heavy (non-hydrogen) atoms. The van der Waals surface area contributed by atoms with Crippen LogP contribution < -0.4 is 5.32 Å². The molecule has 3 rings (SSSR count). The molecule has 0 aromatic heterocycles. The highest BCUT2D eigenvalue weighted by Gasteiger charge is 2.45. The molecule has 1 aliphatic carbocycles. The molecule has 0 radical (unpaired) electrons. The van der Waals surface area contributed by atoms with Crippen LogP contribution in [0.25, 0.3) is 0 Å². The molecule has 2 heterocycles. The van der Waals surface area contributed by atoms with Crippen LogP contribution in [0.15, 0.2) is 0 Å². The number of nitrogens with one attached hydrogen (secondary N) is 1. The number of rotatable bonds is 5. The number of nitriles is 1. The van der Waals surface area contributed by atoms with Crippen molar-refractivity contribution in [2.45, 2.75) is 77.0 Å². The summed E-state index contributed by atoms with van der Waals surface area (Å²) in [6.07, 6.45) is 4.06. The molecule has 1 N–H and O–H groups in total. The third kappa shape index (κ3) is 5.51. The second-order valence-electron chi connectivity index (χ2n) is 9.88. The van der Waals surface area contributed by atoms with Crippen LogP contribution in [0.4, 0.5) is 4.79 Å². The number of ketones is 1. The smallest absolute Gasteiger partial charge is 0.410 e. The average Bonchev–Trinajstić information content (AvgIpc) is 3.25. The van der Waals surface area contributed by atoms with Gasteiger partial charge in [0.05, 0.1) is 6.07 Å². The van der Waals surface area contributed by atoms with Gasteiger partial charge in [0, 0.05) is 32.0 Å². The van der Waals surface area contributed by atoms with E-state index in [2.05, 4.69) is 16.3 Å². The monoisotopic (exact) mass is 418 g/mol. The fourth-order valence-electron chi connectivity index (χ4n) is 4.84. The topological polar surface area (TPSA) is 103 Å². The van der Waals surface area contributed by atoms with Gasteiger partial charge in [-0.25, -0.2) is 4.79 Å². The van der Waals surface area contributed by atoms with Crippen molar-refractivity contribution in [3.63, 3.8) is 0 Å². The Morgan fingerprint density at radius 1 is 1.30 bits per heavy atom. The third-order valence-corrected chi connectivity index (χ3v) is 6.61. The Balaban J connectivity index is 1.61. The maximum atomic E-state index is 13.0. The minimum Gasteiger partial charge on any atom is -0.446 e. The van der Waals surface area contributed by atoms with E-state index in [9.17, 15) is 19.6 Å². The Morgan fingerprint density at radius 2 is 2.00 bits per heavy atom. The van der Waals surface area contributed by atoms with Gasteiger partial charge in [-0.1, -0.05) is 13.8 Å². The molecule has 8 heteroatoms. The highest BCUT2D eigenvalue weighted by molar-refractivity contribution is 5.87. The van der Waals surface area contributed by atoms with Crippen LogP contribution in [0.1, 0.15) is 58.8 Å². The van der Waals surface area contributed by atoms with Crippen LogP contribution in [0.2, 0.25) is 0 Å². The zero-order chi connectivity index (χ0) is 21.9. The van der Waals surface area contributed by atoms with Crippen molar-refractivity contribution < 1.29 is 19.1 Å². The molecule has 0 bridgehead atoms. The highest BCUT2D eigenvalue weighted by atomic mass is 16.6. The Kier molecular flexibility index (Phi) is 7.02. The quantitative estimate of drug-likeness (QED) is 0.733. The molecule has 3 unspecified atom stereocenters.